The number of rotatable bonds is 11. The van der Waals surface area contributed by atoms with Crippen LogP contribution in [0, 0.1) is 0 Å². The van der Waals surface area contributed by atoms with Crippen molar-refractivity contribution in [3.63, 3.8) is 0 Å². The first kappa shape index (κ1) is 21.1. The fraction of sp³-hybridized carbons (Fsp3) is 0.579. The Morgan fingerprint density at radius 3 is 2.70 bits per heavy atom. The summed E-state index contributed by atoms with van der Waals surface area (Å²) in [5, 5.41) is 9.22. The molecule has 1 fully saturated rings. The minimum Gasteiger partial charge on any atom is -0.444 e. The van der Waals surface area contributed by atoms with Crippen molar-refractivity contribution >= 4 is 12.1 Å². The molecule has 0 spiro atoms. The Morgan fingerprint density at radius 2 is 2.00 bits per heavy atom. The standard InChI is InChI=1S/C19H27NO7/c1-24-15-25-12-6-10-19(9-5-11-21)17(22)27-14-20(19)18(23)26-13-16-7-3-2-4-8-16/h2-4,7-8,21H,5-6,9-15H2,1H3. The van der Waals surface area contributed by atoms with Crippen LogP contribution in [0.15, 0.2) is 30.3 Å². The van der Waals surface area contributed by atoms with Gasteiger partial charge in [-0.3, -0.25) is 4.90 Å². The average Bonchev–Trinajstić information content (AvgIpc) is 3.01. The monoisotopic (exact) mass is 381 g/mol. The summed E-state index contributed by atoms with van der Waals surface area (Å²) in [6, 6.07) is 9.30. The molecule has 0 radical (unpaired) electrons. The summed E-state index contributed by atoms with van der Waals surface area (Å²) in [6.07, 6.45) is 0.951. The van der Waals surface area contributed by atoms with Crippen molar-refractivity contribution in [3.8, 4) is 0 Å². The van der Waals surface area contributed by atoms with Gasteiger partial charge in [0.2, 0.25) is 0 Å². The molecule has 8 heteroatoms. The van der Waals surface area contributed by atoms with E-state index in [0.29, 0.717) is 32.3 Å². The van der Waals surface area contributed by atoms with Crippen molar-refractivity contribution in [2.24, 2.45) is 0 Å². The van der Waals surface area contributed by atoms with Gasteiger partial charge in [0.25, 0.3) is 0 Å². The Hall–Kier alpha value is -2.16. The second kappa shape index (κ2) is 10.9. The summed E-state index contributed by atoms with van der Waals surface area (Å²) in [5.41, 5.74) is -0.293. The first-order valence-corrected chi connectivity index (χ1v) is 8.97. The third-order valence-corrected chi connectivity index (χ3v) is 4.48. The molecule has 0 saturated carbocycles. The molecule has 1 unspecified atom stereocenters. The van der Waals surface area contributed by atoms with E-state index in [-0.39, 0.29) is 26.7 Å². The van der Waals surface area contributed by atoms with Crippen LogP contribution in [0.5, 0.6) is 0 Å². The van der Waals surface area contributed by atoms with E-state index < -0.39 is 17.6 Å². The number of aliphatic hydroxyl groups is 1. The number of carbonyl (C=O) groups excluding carboxylic acids is 2. The quantitative estimate of drug-likeness (QED) is 0.356. The first-order chi connectivity index (χ1) is 13.1. The third kappa shape index (κ3) is 5.66. The highest BCUT2D eigenvalue weighted by molar-refractivity contribution is 5.88. The van der Waals surface area contributed by atoms with Crippen LogP contribution in [-0.2, 0) is 30.3 Å². The molecule has 150 valence electrons. The fourth-order valence-electron chi connectivity index (χ4n) is 3.10. The Labute approximate surface area is 159 Å². The minimum atomic E-state index is -1.15. The van der Waals surface area contributed by atoms with E-state index >= 15 is 0 Å². The van der Waals surface area contributed by atoms with Gasteiger partial charge in [-0.1, -0.05) is 30.3 Å². The van der Waals surface area contributed by atoms with Gasteiger partial charge in [-0.2, -0.15) is 0 Å². The van der Waals surface area contributed by atoms with Crippen LogP contribution in [0.25, 0.3) is 0 Å². The van der Waals surface area contributed by atoms with E-state index in [9.17, 15) is 14.7 Å². The molecule has 1 atom stereocenters. The lowest BCUT2D eigenvalue weighted by molar-refractivity contribution is -0.143. The van der Waals surface area contributed by atoms with Crippen LogP contribution >= 0.6 is 0 Å². The van der Waals surface area contributed by atoms with E-state index in [1.165, 1.54) is 12.0 Å². The molecule has 0 aromatic heterocycles. The van der Waals surface area contributed by atoms with Gasteiger partial charge in [-0.15, -0.1) is 0 Å². The zero-order valence-corrected chi connectivity index (χ0v) is 15.6. The number of amides is 1. The van der Waals surface area contributed by atoms with Crippen LogP contribution in [0.1, 0.15) is 31.2 Å². The highest BCUT2D eigenvalue weighted by Crippen LogP contribution is 2.34. The van der Waals surface area contributed by atoms with E-state index in [1.807, 2.05) is 30.3 Å². The maximum absolute atomic E-state index is 12.6. The summed E-state index contributed by atoms with van der Waals surface area (Å²) < 4.78 is 20.6. The number of hydrogen-bond donors (Lipinski definition) is 1. The van der Waals surface area contributed by atoms with Gasteiger partial charge in [0.05, 0.1) is 0 Å². The lowest BCUT2D eigenvalue weighted by atomic mass is 9.87. The number of esters is 1. The van der Waals surface area contributed by atoms with E-state index in [4.69, 9.17) is 18.9 Å². The lowest BCUT2D eigenvalue weighted by Gasteiger charge is -2.33. The Bertz CT molecular complexity index is 595. The van der Waals surface area contributed by atoms with Gasteiger partial charge in [-0.05, 0) is 31.2 Å². The van der Waals surface area contributed by atoms with Gasteiger partial charge in [0.1, 0.15) is 18.9 Å². The second-order valence-electron chi connectivity index (χ2n) is 6.31. The van der Waals surface area contributed by atoms with Crippen molar-refractivity contribution < 1.29 is 33.6 Å². The predicted octanol–water partition coefficient (Wildman–Crippen LogP) is 2.05. The van der Waals surface area contributed by atoms with E-state index in [1.54, 1.807) is 0 Å². The molecular formula is C19H27NO7. The molecule has 1 aliphatic rings. The number of cyclic esters (lactones) is 1. The molecule has 1 aliphatic heterocycles. The average molecular weight is 381 g/mol. The lowest BCUT2D eigenvalue weighted by Crippen LogP contribution is -2.51. The zero-order chi connectivity index (χ0) is 19.5. The van der Waals surface area contributed by atoms with Crippen LogP contribution in [-0.4, -0.2) is 61.5 Å². The van der Waals surface area contributed by atoms with Crippen LogP contribution in [0.2, 0.25) is 0 Å². The van der Waals surface area contributed by atoms with Crippen LogP contribution in [0.4, 0.5) is 4.79 Å². The third-order valence-electron chi connectivity index (χ3n) is 4.48. The predicted molar refractivity (Wildman–Crippen MR) is 95.5 cm³/mol. The normalized spacial score (nSPS) is 19.2. The molecule has 1 saturated heterocycles. The molecule has 1 N–H and O–H groups in total. The maximum atomic E-state index is 12.6. The van der Waals surface area contributed by atoms with Crippen molar-refractivity contribution in [2.45, 2.75) is 37.8 Å². The molecular weight excluding hydrogens is 354 g/mol. The molecule has 0 bridgehead atoms. The number of carbonyl (C=O) groups is 2. The molecule has 1 amide bonds. The van der Waals surface area contributed by atoms with E-state index in [0.717, 1.165) is 5.56 Å². The highest BCUT2D eigenvalue weighted by atomic mass is 16.7. The van der Waals surface area contributed by atoms with Crippen molar-refractivity contribution in [2.75, 3.05) is 33.8 Å². The van der Waals surface area contributed by atoms with Gasteiger partial charge in [0.15, 0.2) is 6.73 Å². The van der Waals surface area contributed by atoms with E-state index in [2.05, 4.69) is 0 Å². The second-order valence-corrected chi connectivity index (χ2v) is 6.31. The first-order valence-electron chi connectivity index (χ1n) is 8.97. The Morgan fingerprint density at radius 1 is 1.26 bits per heavy atom. The topological polar surface area (TPSA) is 94.5 Å². The zero-order valence-electron chi connectivity index (χ0n) is 15.6. The number of hydrogen-bond acceptors (Lipinski definition) is 7. The molecule has 1 aromatic carbocycles. The van der Waals surface area contributed by atoms with Gasteiger partial charge >= 0.3 is 12.1 Å². The highest BCUT2D eigenvalue weighted by Gasteiger charge is 2.52. The molecule has 1 aromatic rings. The molecule has 1 heterocycles. The molecule has 0 aliphatic carbocycles. The number of aliphatic hydroxyl groups excluding tert-OH is 1. The molecule has 8 nitrogen and oxygen atoms in total. The van der Waals surface area contributed by atoms with Crippen LogP contribution < -0.4 is 0 Å². The van der Waals surface area contributed by atoms with Crippen LogP contribution in [0.3, 0.4) is 0 Å². The number of ether oxygens (including phenoxy) is 4. The summed E-state index contributed by atoms with van der Waals surface area (Å²) in [5.74, 6) is -0.473. The Balaban J connectivity index is 2.03. The van der Waals surface area contributed by atoms with Crippen molar-refractivity contribution in [1.29, 1.82) is 0 Å². The minimum absolute atomic E-state index is 0.0812. The summed E-state index contributed by atoms with van der Waals surface area (Å²) >= 11 is 0. The largest absolute Gasteiger partial charge is 0.444 e. The maximum Gasteiger partial charge on any atom is 0.413 e. The number of benzene rings is 1. The molecule has 27 heavy (non-hydrogen) atoms. The molecule has 2 rings (SSSR count). The number of methoxy groups -OCH3 is 1. The van der Waals surface area contributed by atoms with Gasteiger partial charge in [-0.25, -0.2) is 9.59 Å². The fourth-order valence-corrected chi connectivity index (χ4v) is 3.10. The summed E-state index contributed by atoms with van der Waals surface area (Å²) in [6.45, 7) is 0.419. The van der Waals surface area contributed by atoms with Crippen molar-refractivity contribution in [1.82, 2.24) is 4.90 Å². The number of nitrogens with zero attached hydrogens (tertiary/aromatic N) is 1. The van der Waals surface area contributed by atoms with Gasteiger partial charge < -0.3 is 24.1 Å². The SMILES string of the molecule is COCOCCCC1(CCCO)C(=O)OCN1C(=O)OCc1ccccc1. The van der Waals surface area contributed by atoms with Crippen molar-refractivity contribution in [3.05, 3.63) is 35.9 Å². The summed E-state index contributed by atoms with van der Waals surface area (Å²) in [4.78, 5) is 26.5. The Kier molecular flexibility index (Phi) is 8.50. The summed E-state index contributed by atoms with van der Waals surface area (Å²) in [7, 11) is 1.53. The smallest absolute Gasteiger partial charge is 0.413 e. The van der Waals surface area contributed by atoms with Gasteiger partial charge in [0, 0.05) is 20.3 Å².